The fraction of sp³-hybridized carbons (Fsp3) is 0.125. The molecule has 0 bridgehead atoms. The lowest BCUT2D eigenvalue weighted by Gasteiger charge is -2.08. The smallest absolute Gasteiger partial charge is 0.269 e. The van der Waals surface area contributed by atoms with Crippen LogP contribution in [0.4, 0.5) is 11.4 Å². The average Bonchev–Trinajstić information content (AvgIpc) is 3.11. The summed E-state index contributed by atoms with van der Waals surface area (Å²) < 4.78 is 1.69. The number of nitro groups is 1. The molecule has 3 rings (SSSR count). The van der Waals surface area contributed by atoms with Gasteiger partial charge in [-0.3, -0.25) is 19.5 Å². The van der Waals surface area contributed by atoms with E-state index in [0.29, 0.717) is 22.2 Å². The molecule has 132 valence electrons. The first-order valence-corrected chi connectivity index (χ1v) is 8.52. The Labute approximate surface area is 152 Å². The first-order chi connectivity index (χ1) is 12.5. The summed E-state index contributed by atoms with van der Waals surface area (Å²) in [7, 11) is 0. The van der Waals surface area contributed by atoms with Crippen molar-refractivity contribution in [2.24, 2.45) is 0 Å². The largest absolute Gasteiger partial charge is 0.325 e. The molecule has 0 unspecified atom stereocenters. The highest BCUT2D eigenvalue weighted by atomic mass is 32.2. The van der Waals surface area contributed by atoms with Crippen LogP contribution in [-0.2, 0) is 4.79 Å². The summed E-state index contributed by atoms with van der Waals surface area (Å²) in [5, 5.41) is 21.9. The molecule has 2 heterocycles. The lowest BCUT2D eigenvalue weighted by molar-refractivity contribution is -0.384. The third kappa shape index (κ3) is 4.03. The van der Waals surface area contributed by atoms with Gasteiger partial charge in [0.25, 0.3) is 5.69 Å². The molecule has 0 radical (unpaired) electrons. The molecular weight excluding hydrogens is 356 g/mol. The molecular formula is C16H14N6O3S. The molecule has 0 aliphatic rings. The SMILES string of the molecule is Cc1cc([N+](=O)[O-])ccc1NC(=O)CSc1nncn1-c1ccccn1. The van der Waals surface area contributed by atoms with E-state index in [4.69, 9.17) is 0 Å². The van der Waals surface area contributed by atoms with E-state index in [1.807, 2.05) is 12.1 Å². The van der Waals surface area contributed by atoms with Gasteiger partial charge >= 0.3 is 0 Å². The fourth-order valence-electron chi connectivity index (χ4n) is 2.19. The minimum Gasteiger partial charge on any atom is -0.325 e. The number of rotatable bonds is 6. The lowest BCUT2D eigenvalue weighted by atomic mass is 10.2. The molecule has 0 saturated carbocycles. The molecule has 26 heavy (non-hydrogen) atoms. The third-order valence-corrected chi connectivity index (χ3v) is 4.38. The molecule has 0 aliphatic carbocycles. The number of carbonyl (C=O) groups excluding carboxylic acids is 1. The second-order valence-electron chi connectivity index (χ2n) is 5.26. The number of aromatic nitrogens is 4. The van der Waals surface area contributed by atoms with Crippen LogP contribution in [0.2, 0.25) is 0 Å². The summed E-state index contributed by atoms with van der Waals surface area (Å²) in [5.41, 5.74) is 1.14. The van der Waals surface area contributed by atoms with Crippen LogP contribution in [0.25, 0.3) is 5.82 Å². The van der Waals surface area contributed by atoms with Crippen molar-refractivity contribution in [3.8, 4) is 5.82 Å². The van der Waals surface area contributed by atoms with Crippen LogP contribution < -0.4 is 5.32 Å². The number of thioether (sulfide) groups is 1. The zero-order valence-corrected chi connectivity index (χ0v) is 14.5. The van der Waals surface area contributed by atoms with Crippen molar-refractivity contribution < 1.29 is 9.72 Å². The molecule has 1 amide bonds. The predicted molar refractivity (Wildman–Crippen MR) is 96.3 cm³/mol. The minimum absolute atomic E-state index is 0.0154. The second kappa shape index (κ2) is 7.74. The van der Waals surface area contributed by atoms with Crippen LogP contribution >= 0.6 is 11.8 Å². The molecule has 3 aromatic rings. The lowest BCUT2D eigenvalue weighted by Crippen LogP contribution is -2.15. The van der Waals surface area contributed by atoms with Crippen LogP contribution in [0.5, 0.6) is 0 Å². The van der Waals surface area contributed by atoms with E-state index >= 15 is 0 Å². The Kier molecular flexibility index (Phi) is 5.23. The summed E-state index contributed by atoms with van der Waals surface area (Å²) in [6.07, 6.45) is 3.19. The molecule has 0 spiro atoms. The van der Waals surface area contributed by atoms with Crippen molar-refractivity contribution >= 4 is 29.0 Å². The molecule has 1 N–H and O–H groups in total. The number of aryl methyl sites for hydroxylation is 1. The van der Waals surface area contributed by atoms with Crippen LogP contribution in [0, 0.1) is 17.0 Å². The maximum absolute atomic E-state index is 12.2. The number of hydrogen-bond donors (Lipinski definition) is 1. The quantitative estimate of drug-likeness (QED) is 0.403. The Balaban J connectivity index is 1.64. The molecule has 9 nitrogen and oxygen atoms in total. The minimum atomic E-state index is -0.473. The zero-order valence-electron chi connectivity index (χ0n) is 13.7. The number of nitrogens with zero attached hydrogens (tertiary/aromatic N) is 5. The highest BCUT2D eigenvalue weighted by Crippen LogP contribution is 2.22. The Morgan fingerprint density at radius 2 is 2.19 bits per heavy atom. The van der Waals surface area contributed by atoms with Gasteiger partial charge in [0, 0.05) is 24.0 Å². The summed E-state index contributed by atoms with van der Waals surface area (Å²) in [5.74, 6) is 0.524. The number of non-ortho nitro benzene ring substituents is 1. The molecule has 0 saturated heterocycles. The van der Waals surface area contributed by atoms with E-state index in [1.54, 1.807) is 23.8 Å². The summed E-state index contributed by atoms with van der Waals surface area (Å²) in [4.78, 5) is 26.7. The van der Waals surface area contributed by atoms with Gasteiger partial charge in [0.05, 0.1) is 10.7 Å². The molecule has 0 aliphatic heterocycles. The first-order valence-electron chi connectivity index (χ1n) is 7.53. The van der Waals surface area contributed by atoms with Crippen molar-refractivity contribution in [3.63, 3.8) is 0 Å². The number of nitrogens with one attached hydrogen (secondary N) is 1. The van der Waals surface area contributed by atoms with Gasteiger partial charge in [0.2, 0.25) is 5.91 Å². The topological polar surface area (TPSA) is 116 Å². The van der Waals surface area contributed by atoms with Crippen LogP contribution in [0.1, 0.15) is 5.56 Å². The second-order valence-corrected chi connectivity index (χ2v) is 6.21. The van der Waals surface area contributed by atoms with Gasteiger partial charge in [-0.05, 0) is 30.7 Å². The maximum atomic E-state index is 12.2. The number of anilines is 1. The highest BCUT2D eigenvalue weighted by molar-refractivity contribution is 7.99. The summed E-state index contributed by atoms with van der Waals surface area (Å²) >= 11 is 1.22. The molecule has 2 aromatic heterocycles. The molecule has 0 fully saturated rings. The molecule has 0 atom stereocenters. The predicted octanol–water partition coefficient (Wildman–Crippen LogP) is 2.61. The van der Waals surface area contributed by atoms with Crippen molar-refractivity contribution in [2.45, 2.75) is 12.1 Å². The number of benzene rings is 1. The molecule has 1 aromatic carbocycles. The Morgan fingerprint density at radius 3 is 2.88 bits per heavy atom. The summed E-state index contributed by atoms with van der Waals surface area (Å²) in [6.45, 7) is 1.70. The van der Waals surface area contributed by atoms with Crippen molar-refractivity contribution in [1.29, 1.82) is 0 Å². The first kappa shape index (κ1) is 17.5. The zero-order chi connectivity index (χ0) is 18.5. The van der Waals surface area contributed by atoms with Gasteiger partial charge in [-0.2, -0.15) is 0 Å². The van der Waals surface area contributed by atoms with Gasteiger partial charge in [0.1, 0.15) is 12.1 Å². The summed E-state index contributed by atoms with van der Waals surface area (Å²) in [6, 6.07) is 9.76. The highest BCUT2D eigenvalue weighted by Gasteiger charge is 2.13. The van der Waals surface area contributed by atoms with Crippen molar-refractivity contribution in [2.75, 3.05) is 11.1 Å². The van der Waals surface area contributed by atoms with Gasteiger partial charge in [-0.1, -0.05) is 17.8 Å². The van der Waals surface area contributed by atoms with E-state index in [9.17, 15) is 14.9 Å². The van der Waals surface area contributed by atoms with Gasteiger partial charge < -0.3 is 5.32 Å². The Bertz CT molecular complexity index is 944. The number of nitro benzene ring substituents is 1. The third-order valence-electron chi connectivity index (χ3n) is 3.44. The number of pyridine rings is 1. The van der Waals surface area contributed by atoms with Crippen LogP contribution in [0.3, 0.4) is 0 Å². The number of amides is 1. The molecule has 10 heteroatoms. The standard InChI is InChI=1S/C16H14N6O3S/c1-11-8-12(22(24)25)5-6-13(11)19-15(23)9-26-16-20-18-10-21(16)14-4-2-3-7-17-14/h2-8,10H,9H2,1H3,(H,19,23). The van der Waals surface area contributed by atoms with Crippen LogP contribution in [-0.4, -0.2) is 36.3 Å². The average molecular weight is 370 g/mol. The van der Waals surface area contributed by atoms with E-state index < -0.39 is 4.92 Å². The monoisotopic (exact) mass is 370 g/mol. The fourth-order valence-corrected chi connectivity index (χ4v) is 2.91. The normalized spacial score (nSPS) is 10.5. The van der Waals surface area contributed by atoms with Gasteiger partial charge in [-0.15, -0.1) is 10.2 Å². The number of carbonyl (C=O) groups is 1. The maximum Gasteiger partial charge on any atom is 0.269 e. The van der Waals surface area contributed by atoms with E-state index in [-0.39, 0.29) is 17.3 Å². The van der Waals surface area contributed by atoms with E-state index in [2.05, 4.69) is 20.5 Å². The Morgan fingerprint density at radius 1 is 1.35 bits per heavy atom. The van der Waals surface area contributed by atoms with Crippen molar-refractivity contribution in [1.82, 2.24) is 19.7 Å². The number of hydrogen-bond acceptors (Lipinski definition) is 7. The Hall–Kier alpha value is -3.27. The van der Waals surface area contributed by atoms with Crippen molar-refractivity contribution in [3.05, 3.63) is 64.6 Å². The van der Waals surface area contributed by atoms with E-state index in [0.717, 1.165) is 0 Å². The van der Waals surface area contributed by atoms with E-state index in [1.165, 1.54) is 36.3 Å². The van der Waals surface area contributed by atoms with Gasteiger partial charge in [0.15, 0.2) is 5.16 Å². The van der Waals surface area contributed by atoms with Gasteiger partial charge in [-0.25, -0.2) is 4.98 Å². The van der Waals surface area contributed by atoms with Crippen LogP contribution in [0.15, 0.2) is 54.1 Å².